The molecule has 0 amide bonds. The first kappa shape index (κ1) is 17.6. The molecular weight excluding hydrogens is 354 g/mol. The number of para-hydroxylation sites is 1. The Bertz CT molecular complexity index is 1160. The van der Waals surface area contributed by atoms with E-state index >= 15 is 0 Å². The van der Waals surface area contributed by atoms with Gasteiger partial charge in [0, 0.05) is 35.0 Å². The van der Waals surface area contributed by atoms with Gasteiger partial charge in [-0.05, 0) is 24.6 Å². The number of hydrogen-bond acceptors (Lipinski definition) is 5. The van der Waals surface area contributed by atoms with Crippen LogP contribution in [-0.2, 0) is 28.4 Å². The van der Waals surface area contributed by atoms with Gasteiger partial charge in [0.05, 0.1) is 36.7 Å². The Hall–Kier alpha value is -2.54. The van der Waals surface area contributed by atoms with Crippen molar-refractivity contribution in [3.05, 3.63) is 62.9 Å². The molecule has 0 spiro atoms. The molecule has 0 atom stereocenters. The van der Waals surface area contributed by atoms with E-state index in [0.29, 0.717) is 38.3 Å². The topological polar surface area (TPSA) is 79.4 Å². The predicted octanol–water partition coefficient (Wildman–Crippen LogP) is 2.80. The molecule has 6 nitrogen and oxygen atoms in total. The Labute approximate surface area is 162 Å². The molecule has 4 heterocycles. The Morgan fingerprint density at radius 2 is 2.00 bits per heavy atom. The zero-order valence-corrected chi connectivity index (χ0v) is 16.1. The van der Waals surface area contributed by atoms with Crippen LogP contribution in [0.2, 0.25) is 0 Å². The Morgan fingerprint density at radius 3 is 2.71 bits per heavy atom. The molecule has 1 aromatic carbocycles. The van der Waals surface area contributed by atoms with Crippen molar-refractivity contribution in [2.75, 3.05) is 13.2 Å². The lowest BCUT2D eigenvalue weighted by atomic mass is 9.97. The second kappa shape index (κ2) is 6.24. The van der Waals surface area contributed by atoms with Gasteiger partial charge < -0.3 is 19.8 Å². The molecule has 2 N–H and O–H groups in total. The molecule has 6 heteroatoms. The van der Waals surface area contributed by atoms with Gasteiger partial charge in [0.1, 0.15) is 0 Å². The maximum atomic E-state index is 13.3. The summed E-state index contributed by atoms with van der Waals surface area (Å²) in [6.07, 6.45) is 0.642. The number of hydrogen-bond donors (Lipinski definition) is 1. The molecule has 28 heavy (non-hydrogen) atoms. The number of ether oxygens (including phenoxy) is 2. The minimum atomic E-state index is -0.852. The van der Waals surface area contributed by atoms with Crippen LogP contribution in [0.5, 0.6) is 0 Å². The van der Waals surface area contributed by atoms with E-state index in [1.807, 2.05) is 44.2 Å². The molecule has 1 fully saturated rings. The van der Waals surface area contributed by atoms with Crippen molar-refractivity contribution in [2.24, 2.45) is 5.73 Å². The largest absolute Gasteiger partial charge is 0.343 e. The number of aromatic nitrogens is 2. The van der Waals surface area contributed by atoms with Crippen LogP contribution in [0.3, 0.4) is 0 Å². The highest BCUT2D eigenvalue weighted by molar-refractivity contribution is 5.88. The maximum absolute atomic E-state index is 13.3. The molecule has 3 aromatic rings. The summed E-state index contributed by atoms with van der Waals surface area (Å²) in [6, 6.07) is 10.0. The quantitative estimate of drug-likeness (QED) is 0.594. The van der Waals surface area contributed by atoms with E-state index in [2.05, 4.69) is 0 Å². The molecule has 144 valence electrons. The van der Waals surface area contributed by atoms with Crippen molar-refractivity contribution < 1.29 is 9.47 Å². The molecule has 0 unspecified atom stereocenters. The lowest BCUT2D eigenvalue weighted by molar-refractivity contribution is -0.168. The highest BCUT2D eigenvalue weighted by Gasteiger charge is 2.40. The van der Waals surface area contributed by atoms with E-state index in [4.69, 9.17) is 20.2 Å². The first-order valence-corrected chi connectivity index (χ1v) is 9.73. The molecule has 0 aliphatic carbocycles. The monoisotopic (exact) mass is 377 g/mol. The molecule has 0 bridgehead atoms. The van der Waals surface area contributed by atoms with Crippen molar-refractivity contribution in [3.63, 3.8) is 0 Å². The zero-order chi connectivity index (χ0) is 19.5. The van der Waals surface area contributed by atoms with Crippen LogP contribution in [0.15, 0.2) is 35.1 Å². The minimum Gasteiger partial charge on any atom is -0.343 e. The average Bonchev–Trinajstić information content (AvgIpc) is 3.34. The molecule has 0 saturated carbocycles. The van der Waals surface area contributed by atoms with Crippen molar-refractivity contribution in [1.29, 1.82) is 0 Å². The summed E-state index contributed by atoms with van der Waals surface area (Å²) in [5.74, 6) is -0.852. The molecule has 0 radical (unpaired) electrons. The van der Waals surface area contributed by atoms with Gasteiger partial charge in [-0.25, -0.2) is 4.98 Å². The Balaban J connectivity index is 1.81. The number of nitrogens with zero attached hydrogens (tertiary/aromatic N) is 2. The summed E-state index contributed by atoms with van der Waals surface area (Å²) in [5, 5.41) is 1.05. The number of pyridine rings is 2. The molecule has 2 aliphatic heterocycles. The van der Waals surface area contributed by atoms with E-state index in [1.165, 1.54) is 0 Å². The second-order valence-electron chi connectivity index (χ2n) is 7.40. The van der Waals surface area contributed by atoms with Gasteiger partial charge in [-0.15, -0.1) is 0 Å². The van der Waals surface area contributed by atoms with Crippen LogP contribution in [0.1, 0.15) is 35.6 Å². The average molecular weight is 377 g/mol. The van der Waals surface area contributed by atoms with Gasteiger partial charge in [0.2, 0.25) is 0 Å². The van der Waals surface area contributed by atoms with Crippen molar-refractivity contribution in [3.8, 4) is 11.4 Å². The van der Waals surface area contributed by atoms with Crippen LogP contribution in [0, 0.1) is 6.92 Å². The number of benzene rings is 1. The van der Waals surface area contributed by atoms with Crippen molar-refractivity contribution in [2.45, 2.75) is 39.1 Å². The fourth-order valence-electron chi connectivity index (χ4n) is 4.60. The summed E-state index contributed by atoms with van der Waals surface area (Å²) in [4.78, 5) is 18.1. The third-order valence-corrected chi connectivity index (χ3v) is 6.05. The van der Waals surface area contributed by atoms with Crippen molar-refractivity contribution in [1.82, 2.24) is 9.55 Å². The lowest BCUT2D eigenvalue weighted by Crippen LogP contribution is -2.32. The fraction of sp³-hybridized carbons (Fsp3) is 0.364. The smallest absolute Gasteiger partial charge is 0.254 e. The van der Waals surface area contributed by atoms with Gasteiger partial charge >= 0.3 is 0 Å². The molecular formula is C22H23N3O3. The van der Waals surface area contributed by atoms with Gasteiger partial charge in [-0.1, -0.05) is 25.1 Å². The van der Waals surface area contributed by atoms with Gasteiger partial charge in [0.25, 0.3) is 5.56 Å². The summed E-state index contributed by atoms with van der Waals surface area (Å²) in [6.45, 7) is 5.83. The lowest BCUT2D eigenvalue weighted by Gasteiger charge is -2.28. The third kappa shape index (κ3) is 2.25. The highest BCUT2D eigenvalue weighted by Crippen LogP contribution is 2.40. The van der Waals surface area contributed by atoms with Crippen LogP contribution < -0.4 is 11.3 Å². The normalized spacial score (nSPS) is 17.1. The fourth-order valence-corrected chi connectivity index (χ4v) is 4.60. The number of nitrogens with two attached hydrogens (primary N) is 1. The summed E-state index contributed by atoms with van der Waals surface area (Å²) < 4.78 is 13.7. The van der Waals surface area contributed by atoms with Crippen LogP contribution in [0.4, 0.5) is 0 Å². The first-order chi connectivity index (χ1) is 13.6. The van der Waals surface area contributed by atoms with Gasteiger partial charge in [-0.3, -0.25) is 4.79 Å². The van der Waals surface area contributed by atoms with E-state index in [-0.39, 0.29) is 5.56 Å². The van der Waals surface area contributed by atoms with E-state index in [1.54, 1.807) is 4.57 Å². The van der Waals surface area contributed by atoms with Crippen LogP contribution in [-0.4, -0.2) is 22.8 Å². The maximum Gasteiger partial charge on any atom is 0.254 e. The molecule has 2 aliphatic rings. The van der Waals surface area contributed by atoms with Crippen LogP contribution in [0.25, 0.3) is 22.3 Å². The molecule has 5 rings (SSSR count). The summed E-state index contributed by atoms with van der Waals surface area (Å²) in [7, 11) is 0. The second-order valence-corrected chi connectivity index (χ2v) is 7.40. The van der Waals surface area contributed by atoms with E-state index in [0.717, 1.165) is 39.0 Å². The van der Waals surface area contributed by atoms with Gasteiger partial charge in [0.15, 0.2) is 5.79 Å². The van der Waals surface area contributed by atoms with Crippen LogP contribution >= 0.6 is 0 Å². The van der Waals surface area contributed by atoms with E-state index < -0.39 is 5.79 Å². The Morgan fingerprint density at radius 1 is 1.25 bits per heavy atom. The van der Waals surface area contributed by atoms with Crippen molar-refractivity contribution >= 4 is 10.9 Å². The Kier molecular flexibility index (Phi) is 3.91. The van der Waals surface area contributed by atoms with Gasteiger partial charge in [-0.2, -0.15) is 0 Å². The molecule has 2 aromatic heterocycles. The zero-order valence-electron chi connectivity index (χ0n) is 16.1. The van der Waals surface area contributed by atoms with E-state index in [9.17, 15) is 4.79 Å². The first-order valence-electron chi connectivity index (χ1n) is 9.73. The third-order valence-electron chi connectivity index (χ3n) is 6.05. The molecule has 1 saturated heterocycles. The standard InChI is InChI=1S/C22H23N3O3/c1-3-22(27-8-9-28-22)17-10-19-20-16(12-25(19)21(26)13(17)2)15(11-23)14-6-4-5-7-18(14)24-20/h4-7,10H,3,8-9,11-12,23H2,1-2H3. The predicted molar refractivity (Wildman–Crippen MR) is 107 cm³/mol. The minimum absolute atomic E-state index is 0.0237. The number of fused-ring (bicyclic) bond motifs is 4. The SMILES string of the molecule is CCC1(c2cc3n(c(=O)c2C)Cc2c-3nc3ccccc3c2CN)OCCO1. The highest BCUT2D eigenvalue weighted by atomic mass is 16.7. The number of rotatable bonds is 3. The summed E-state index contributed by atoms with van der Waals surface area (Å²) in [5.41, 5.74) is 12.2. The summed E-state index contributed by atoms with van der Waals surface area (Å²) >= 11 is 0.